The van der Waals surface area contributed by atoms with Gasteiger partial charge in [0.2, 0.25) is 0 Å². The number of aliphatic hydroxyl groups excluding tert-OH is 1. The Morgan fingerprint density at radius 2 is 2.21 bits per heavy atom. The molecule has 1 atom stereocenters. The molecule has 1 amide bonds. The lowest BCUT2D eigenvalue weighted by Gasteiger charge is -2.12. The number of aryl methyl sites for hydroxylation is 2. The van der Waals surface area contributed by atoms with Crippen LogP contribution in [0, 0.1) is 5.92 Å². The zero-order valence-corrected chi connectivity index (χ0v) is 14.1. The number of hydrogen-bond acceptors (Lipinski definition) is 4. The van der Waals surface area contributed by atoms with Crippen LogP contribution in [0.4, 0.5) is 0 Å². The molecular formula is C19H25NO4. The molecule has 0 fully saturated rings. The predicted octanol–water partition coefficient (Wildman–Crippen LogP) is 2.83. The molecule has 2 N–H and O–H groups in total. The fraction of sp³-hybridized carbons (Fsp3) is 0.526. The van der Waals surface area contributed by atoms with Gasteiger partial charge in [-0.1, -0.05) is 6.92 Å². The van der Waals surface area contributed by atoms with E-state index >= 15 is 0 Å². The maximum Gasteiger partial charge on any atom is 0.257 e. The molecule has 0 radical (unpaired) electrons. The lowest BCUT2D eigenvalue weighted by molar-refractivity contribution is -0.123. The summed E-state index contributed by atoms with van der Waals surface area (Å²) < 4.78 is 11.5. The summed E-state index contributed by atoms with van der Waals surface area (Å²) in [7, 11) is 0. The number of hydrogen-bond donors (Lipinski definition) is 2. The molecule has 1 unspecified atom stereocenters. The van der Waals surface area contributed by atoms with Gasteiger partial charge in [-0.3, -0.25) is 4.79 Å². The Morgan fingerprint density at radius 1 is 1.38 bits per heavy atom. The third-order valence-electron chi connectivity index (χ3n) is 4.57. The van der Waals surface area contributed by atoms with Crippen molar-refractivity contribution >= 4 is 16.9 Å². The summed E-state index contributed by atoms with van der Waals surface area (Å²) in [5.41, 5.74) is 2.19. The van der Waals surface area contributed by atoms with Gasteiger partial charge in [-0.2, -0.15) is 0 Å². The first kappa shape index (κ1) is 16.8. The van der Waals surface area contributed by atoms with E-state index in [1.807, 2.05) is 25.1 Å². The van der Waals surface area contributed by atoms with Crippen molar-refractivity contribution in [2.45, 2.75) is 39.0 Å². The van der Waals surface area contributed by atoms with Crippen LogP contribution >= 0.6 is 0 Å². The van der Waals surface area contributed by atoms with E-state index in [0.717, 1.165) is 29.6 Å². The van der Waals surface area contributed by atoms with Gasteiger partial charge in [-0.05, 0) is 49.8 Å². The number of amides is 1. The van der Waals surface area contributed by atoms with E-state index in [9.17, 15) is 4.79 Å². The van der Waals surface area contributed by atoms with Gasteiger partial charge in [0.1, 0.15) is 17.1 Å². The van der Waals surface area contributed by atoms with E-state index in [0.29, 0.717) is 18.7 Å². The Morgan fingerprint density at radius 3 is 3.04 bits per heavy atom. The number of nitrogens with one attached hydrogen (secondary N) is 1. The number of aliphatic hydroxyl groups is 1. The van der Waals surface area contributed by atoms with Crippen LogP contribution in [-0.4, -0.2) is 30.8 Å². The molecule has 0 aliphatic heterocycles. The summed E-state index contributed by atoms with van der Waals surface area (Å²) in [4.78, 5) is 11.9. The summed E-state index contributed by atoms with van der Waals surface area (Å²) >= 11 is 0. The number of carbonyl (C=O) groups is 1. The molecule has 1 aliphatic carbocycles. The molecule has 1 heterocycles. The first-order valence-corrected chi connectivity index (χ1v) is 8.72. The SMILES string of the molecule is CC(CCO)CNC(=O)COc1ccc2oc3c(c2c1)CCCC3. The lowest BCUT2D eigenvalue weighted by Crippen LogP contribution is -2.32. The van der Waals surface area contributed by atoms with Crippen LogP contribution in [0.5, 0.6) is 5.75 Å². The molecule has 24 heavy (non-hydrogen) atoms. The summed E-state index contributed by atoms with van der Waals surface area (Å²) in [5, 5.41) is 12.8. The third-order valence-corrected chi connectivity index (χ3v) is 4.57. The maximum absolute atomic E-state index is 11.9. The number of fused-ring (bicyclic) bond motifs is 3. The van der Waals surface area contributed by atoms with E-state index < -0.39 is 0 Å². The van der Waals surface area contributed by atoms with Crippen LogP contribution in [0.2, 0.25) is 0 Å². The Balaban J connectivity index is 1.58. The highest BCUT2D eigenvalue weighted by Crippen LogP contribution is 2.33. The van der Waals surface area contributed by atoms with Crippen LogP contribution in [0.3, 0.4) is 0 Å². The zero-order chi connectivity index (χ0) is 16.9. The number of carbonyl (C=O) groups excluding carboxylic acids is 1. The summed E-state index contributed by atoms with van der Waals surface area (Å²) in [6, 6.07) is 5.74. The van der Waals surface area contributed by atoms with Crippen LogP contribution in [0.1, 0.15) is 37.5 Å². The van der Waals surface area contributed by atoms with Crippen molar-refractivity contribution < 1.29 is 19.1 Å². The molecule has 1 aliphatic rings. The van der Waals surface area contributed by atoms with E-state index in [4.69, 9.17) is 14.3 Å². The standard InChI is InChI=1S/C19H25NO4/c1-13(8-9-21)11-20-19(22)12-23-14-6-7-18-16(10-14)15-4-2-3-5-17(15)24-18/h6-7,10,13,21H,2-5,8-9,11-12H2,1H3,(H,20,22). The third kappa shape index (κ3) is 3.90. The molecule has 0 bridgehead atoms. The normalized spacial score (nSPS) is 15.1. The molecule has 2 aromatic rings. The number of benzene rings is 1. The Kier molecular flexibility index (Phi) is 5.41. The fourth-order valence-electron chi connectivity index (χ4n) is 3.14. The molecule has 3 rings (SSSR count). The Labute approximate surface area is 142 Å². The first-order valence-electron chi connectivity index (χ1n) is 8.72. The van der Waals surface area contributed by atoms with Gasteiger partial charge < -0.3 is 19.6 Å². The largest absolute Gasteiger partial charge is 0.484 e. The van der Waals surface area contributed by atoms with Gasteiger partial charge in [-0.25, -0.2) is 0 Å². The van der Waals surface area contributed by atoms with Crippen molar-refractivity contribution in [1.29, 1.82) is 0 Å². The van der Waals surface area contributed by atoms with Crippen molar-refractivity contribution in [3.05, 3.63) is 29.5 Å². The summed E-state index contributed by atoms with van der Waals surface area (Å²) in [6.07, 6.45) is 5.12. The molecular weight excluding hydrogens is 306 g/mol. The second kappa shape index (κ2) is 7.71. The monoisotopic (exact) mass is 331 g/mol. The smallest absolute Gasteiger partial charge is 0.257 e. The van der Waals surface area contributed by atoms with Crippen molar-refractivity contribution in [3.63, 3.8) is 0 Å². The second-order valence-corrected chi connectivity index (χ2v) is 6.58. The predicted molar refractivity (Wildman–Crippen MR) is 92.2 cm³/mol. The Bertz CT molecular complexity index is 707. The number of ether oxygens (including phenoxy) is 1. The number of furan rings is 1. The molecule has 0 saturated carbocycles. The molecule has 1 aromatic carbocycles. The van der Waals surface area contributed by atoms with Gasteiger partial charge in [0.25, 0.3) is 5.91 Å². The lowest BCUT2D eigenvalue weighted by atomic mass is 9.96. The first-order chi connectivity index (χ1) is 11.7. The van der Waals surface area contributed by atoms with Crippen LogP contribution in [0.25, 0.3) is 11.0 Å². The second-order valence-electron chi connectivity index (χ2n) is 6.58. The molecule has 5 heteroatoms. The minimum atomic E-state index is -0.144. The highest BCUT2D eigenvalue weighted by molar-refractivity contribution is 5.84. The van der Waals surface area contributed by atoms with E-state index in [1.165, 1.54) is 18.4 Å². The number of rotatable bonds is 7. The van der Waals surface area contributed by atoms with Crippen molar-refractivity contribution in [3.8, 4) is 5.75 Å². The molecule has 0 saturated heterocycles. The average molecular weight is 331 g/mol. The minimum absolute atomic E-state index is 0.00259. The van der Waals surface area contributed by atoms with Crippen LogP contribution in [0.15, 0.2) is 22.6 Å². The highest BCUT2D eigenvalue weighted by atomic mass is 16.5. The molecule has 130 valence electrons. The topological polar surface area (TPSA) is 71.7 Å². The van der Waals surface area contributed by atoms with Gasteiger partial charge in [0.15, 0.2) is 6.61 Å². The van der Waals surface area contributed by atoms with Gasteiger partial charge in [0.05, 0.1) is 0 Å². The molecule has 1 aromatic heterocycles. The average Bonchev–Trinajstić information content (AvgIpc) is 2.96. The quantitative estimate of drug-likeness (QED) is 0.818. The van der Waals surface area contributed by atoms with Crippen LogP contribution in [-0.2, 0) is 17.6 Å². The fourth-order valence-corrected chi connectivity index (χ4v) is 3.14. The summed E-state index contributed by atoms with van der Waals surface area (Å²) in [5.74, 6) is 1.90. The Hall–Kier alpha value is -2.01. The van der Waals surface area contributed by atoms with Crippen molar-refractivity contribution in [2.75, 3.05) is 19.8 Å². The van der Waals surface area contributed by atoms with E-state index in [-0.39, 0.29) is 25.0 Å². The van der Waals surface area contributed by atoms with Gasteiger partial charge in [-0.15, -0.1) is 0 Å². The van der Waals surface area contributed by atoms with Gasteiger partial charge in [0, 0.05) is 30.5 Å². The summed E-state index contributed by atoms with van der Waals surface area (Å²) in [6.45, 7) is 2.68. The van der Waals surface area contributed by atoms with Crippen LogP contribution < -0.4 is 10.1 Å². The van der Waals surface area contributed by atoms with E-state index in [2.05, 4.69) is 5.32 Å². The van der Waals surface area contributed by atoms with E-state index in [1.54, 1.807) is 0 Å². The molecule has 5 nitrogen and oxygen atoms in total. The maximum atomic E-state index is 11.9. The van der Waals surface area contributed by atoms with Gasteiger partial charge >= 0.3 is 0 Å². The zero-order valence-electron chi connectivity index (χ0n) is 14.1. The minimum Gasteiger partial charge on any atom is -0.484 e. The van der Waals surface area contributed by atoms with Crippen molar-refractivity contribution in [1.82, 2.24) is 5.32 Å². The highest BCUT2D eigenvalue weighted by Gasteiger charge is 2.18. The molecule has 0 spiro atoms. The van der Waals surface area contributed by atoms with Crippen molar-refractivity contribution in [2.24, 2.45) is 5.92 Å².